The largest absolute Gasteiger partial charge is 0.366 e. The number of rotatable bonds is 4. The molecule has 0 aliphatic heterocycles. The minimum Gasteiger partial charge on any atom is -0.366 e. The third kappa shape index (κ3) is 2.99. The predicted molar refractivity (Wildman–Crippen MR) is 95.3 cm³/mol. The Morgan fingerprint density at radius 1 is 0.917 bits per heavy atom. The van der Waals surface area contributed by atoms with Crippen LogP contribution >= 0.6 is 0 Å². The van der Waals surface area contributed by atoms with E-state index in [4.69, 9.17) is 0 Å². The molecule has 2 aromatic carbocycles. The number of nitrogens with one attached hydrogen (secondary N) is 2. The first-order chi connectivity index (χ1) is 11.8. The molecule has 0 amide bonds. The van der Waals surface area contributed by atoms with Crippen LogP contribution in [0.2, 0.25) is 0 Å². The Kier molecular flexibility index (Phi) is 3.71. The SMILES string of the molecule is Fc1ccc(CNc2ccc(-c3ccc4[nH]ccc4c3)cn2)cc1. The van der Waals surface area contributed by atoms with Crippen molar-refractivity contribution in [3.63, 3.8) is 0 Å². The first-order valence-electron chi connectivity index (χ1n) is 7.80. The molecule has 2 heterocycles. The highest BCUT2D eigenvalue weighted by atomic mass is 19.1. The van der Waals surface area contributed by atoms with Gasteiger partial charge in [0.15, 0.2) is 0 Å². The molecule has 0 saturated heterocycles. The van der Waals surface area contributed by atoms with Crippen molar-refractivity contribution in [2.24, 2.45) is 0 Å². The summed E-state index contributed by atoms with van der Waals surface area (Å²) in [6.45, 7) is 0.613. The van der Waals surface area contributed by atoms with Gasteiger partial charge in [-0.3, -0.25) is 0 Å². The molecule has 4 heteroatoms. The third-order valence-corrected chi connectivity index (χ3v) is 4.04. The quantitative estimate of drug-likeness (QED) is 0.557. The van der Waals surface area contributed by atoms with Crippen LogP contribution in [-0.4, -0.2) is 9.97 Å². The summed E-state index contributed by atoms with van der Waals surface area (Å²) in [6.07, 6.45) is 3.80. The number of halogens is 1. The van der Waals surface area contributed by atoms with Gasteiger partial charge in [0.1, 0.15) is 11.6 Å². The highest BCUT2D eigenvalue weighted by Crippen LogP contribution is 2.24. The number of anilines is 1. The lowest BCUT2D eigenvalue weighted by Crippen LogP contribution is -2.01. The van der Waals surface area contributed by atoms with Crippen molar-refractivity contribution >= 4 is 16.7 Å². The predicted octanol–water partition coefficient (Wildman–Crippen LogP) is 4.98. The summed E-state index contributed by atoms with van der Waals surface area (Å²) in [5.41, 5.74) is 4.36. The number of hydrogen-bond acceptors (Lipinski definition) is 2. The van der Waals surface area contributed by atoms with E-state index in [1.165, 1.54) is 17.5 Å². The smallest absolute Gasteiger partial charge is 0.126 e. The molecule has 0 bridgehead atoms. The molecule has 0 atom stereocenters. The number of aromatic amines is 1. The topological polar surface area (TPSA) is 40.7 Å². The van der Waals surface area contributed by atoms with E-state index in [0.29, 0.717) is 6.54 Å². The van der Waals surface area contributed by atoms with Gasteiger partial charge in [0.25, 0.3) is 0 Å². The van der Waals surface area contributed by atoms with E-state index in [9.17, 15) is 4.39 Å². The number of pyridine rings is 1. The average Bonchev–Trinajstić information content (AvgIpc) is 3.09. The van der Waals surface area contributed by atoms with Gasteiger partial charge in [-0.15, -0.1) is 0 Å². The summed E-state index contributed by atoms with van der Waals surface area (Å²) in [5.74, 6) is 0.575. The Bertz CT molecular complexity index is 956. The van der Waals surface area contributed by atoms with Crippen molar-refractivity contribution in [2.75, 3.05) is 5.32 Å². The van der Waals surface area contributed by atoms with Crippen LogP contribution in [0, 0.1) is 5.82 Å². The lowest BCUT2D eigenvalue weighted by Gasteiger charge is -2.07. The molecule has 0 aliphatic rings. The first-order valence-corrected chi connectivity index (χ1v) is 7.80. The Balaban J connectivity index is 1.48. The first kappa shape index (κ1) is 14.5. The molecule has 0 unspecified atom stereocenters. The molecule has 4 aromatic rings. The zero-order valence-corrected chi connectivity index (χ0v) is 13.0. The molecule has 2 aromatic heterocycles. The van der Waals surface area contributed by atoms with Crippen molar-refractivity contribution in [2.45, 2.75) is 6.54 Å². The number of aromatic nitrogens is 2. The average molecular weight is 317 g/mol. The summed E-state index contributed by atoms with van der Waals surface area (Å²) in [6, 6.07) is 18.8. The van der Waals surface area contributed by atoms with Crippen LogP contribution in [0.3, 0.4) is 0 Å². The lowest BCUT2D eigenvalue weighted by atomic mass is 10.1. The molecule has 0 radical (unpaired) electrons. The lowest BCUT2D eigenvalue weighted by molar-refractivity contribution is 0.627. The van der Waals surface area contributed by atoms with Crippen LogP contribution in [0.4, 0.5) is 10.2 Å². The van der Waals surface area contributed by atoms with Crippen molar-refractivity contribution < 1.29 is 4.39 Å². The summed E-state index contributed by atoms with van der Waals surface area (Å²) in [5, 5.41) is 4.43. The van der Waals surface area contributed by atoms with Crippen LogP contribution < -0.4 is 5.32 Å². The van der Waals surface area contributed by atoms with E-state index >= 15 is 0 Å². The molecule has 118 valence electrons. The number of fused-ring (bicyclic) bond motifs is 1. The van der Waals surface area contributed by atoms with E-state index in [2.05, 4.69) is 39.6 Å². The van der Waals surface area contributed by atoms with Gasteiger partial charge in [-0.1, -0.05) is 18.2 Å². The molecule has 4 rings (SSSR count). The fraction of sp³-hybridized carbons (Fsp3) is 0.0500. The minimum atomic E-state index is -0.222. The molecule has 0 saturated carbocycles. The molecule has 3 nitrogen and oxygen atoms in total. The summed E-state index contributed by atoms with van der Waals surface area (Å²) in [4.78, 5) is 7.66. The van der Waals surface area contributed by atoms with E-state index in [1.807, 2.05) is 24.5 Å². The second-order valence-electron chi connectivity index (χ2n) is 5.69. The van der Waals surface area contributed by atoms with Gasteiger partial charge in [0, 0.05) is 30.0 Å². The van der Waals surface area contributed by atoms with E-state index in [-0.39, 0.29) is 5.82 Å². The van der Waals surface area contributed by atoms with Crippen molar-refractivity contribution in [3.8, 4) is 11.1 Å². The van der Waals surface area contributed by atoms with Crippen molar-refractivity contribution in [1.82, 2.24) is 9.97 Å². The van der Waals surface area contributed by atoms with Crippen LogP contribution in [0.15, 0.2) is 73.1 Å². The number of benzene rings is 2. The normalized spacial score (nSPS) is 10.9. The van der Waals surface area contributed by atoms with Gasteiger partial charge < -0.3 is 10.3 Å². The van der Waals surface area contributed by atoms with Crippen molar-refractivity contribution in [3.05, 3.63) is 84.4 Å². The van der Waals surface area contributed by atoms with Gasteiger partial charge >= 0.3 is 0 Å². The Morgan fingerprint density at radius 2 is 1.75 bits per heavy atom. The fourth-order valence-electron chi connectivity index (χ4n) is 2.70. The maximum absolute atomic E-state index is 12.9. The number of nitrogens with zero attached hydrogens (tertiary/aromatic N) is 1. The highest BCUT2D eigenvalue weighted by Gasteiger charge is 2.02. The zero-order chi connectivity index (χ0) is 16.4. The molecule has 0 aliphatic carbocycles. The molecule has 0 spiro atoms. The van der Waals surface area contributed by atoms with E-state index in [0.717, 1.165) is 28.0 Å². The van der Waals surface area contributed by atoms with Gasteiger partial charge in [0.05, 0.1) is 0 Å². The molecular weight excluding hydrogens is 301 g/mol. The van der Waals surface area contributed by atoms with Gasteiger partial charge in [0.2, 0.25) is 0 Å². The minimum absolute atomic E-state index is 0.222. The highest BCUT2D eigenvalue weighted by molar-refractivity contribution is 5.84. The fourth-order valence-corrected chi connectivity index (χ4v) is 2.70. The summed E-state index contributed by atoms with van der Waals surface area (Å²) >= 11 is 0. The monoisotopic (exact) mass is 317 g/mol. The third-order valence-electron chi connectivity index (χ3n) is 4.04. The van der Waals surface area contributed by atoms with E-state index in [1.54, 1.807) is 12.1 Å². The summed E-state index contributed by atoms with van der Waals surface area (Å²) < 4.78 is 12.9. The van der Waals surface area contributed by atoms with Crippen LogP contribution in [0.25, 0.3) is 22.0 Å². The van der Waals surface area contributed by atoms with Gasteiger partial charge in [-0.25, -0.2) is 9.37 Å². The second kappa shape index (κ2) is 6.16. The maximum atomic E-state index is 12.9. The molecule has 0 fully saturated rings. The molecule has 24 heavy (non-hydrogen) atoms. The van der Waals surface area contributed by atoms with E-state index < -0.39 is 0 Å². The Labute approximate surface area is 139 Å². The van der Waals surface area contributed by atoms with Gasteiger partial charge in [-0.2, -0.15) is 0 Å². The maximum Gasteiger partial charge on any atom is 0.126 e. The van der Waals surface area contributed by atoms with Crippen LogP contribution in [0.1, 0.15) is 5.56 Å². The zero-order valence-electron chi connectivity index (χ0n) is 13.0. The summed E-state index contributed by atoms with van der Waals surface area (Å²) in [7, 11) is 0. The Hall–Kier alpha value is -3.14. The molecular formula is C20H16FN3. The van der Waals surface area contributed by atoms with Gasteiger partial charge in [-0.05, 0) is 59.0 Å². The Morgan fingerprint density at radius 3 is 2.54 bits per heavy atom. The van der Waals surface area contributed by atoms with Crippen LogP contribution in [-0.2, 0) is 6.54 Å². The number of hydrogen-bond donors (Lipinski definition) is 2. The number of H-pyrrole nitrogens is 1. The van der Waals surface area contributed by atoms with Crippen LogP contribution in [0.5, 0.6) is 0 Å². The molecule has 2 N–H and O–H groups in total. The van der Waals surface area contributed by atoms with Crippen molar-refractivity contribution in [1.29, 1.82) is 0 Å². The standard InChI is InChI=1S/C20H16FN3/c21-18-5-1-14(2-6-18)12-23-20-8-4-17(13-24-20)15-3-7-19-16(11-15)9-10-22-19/h1-11,13,22H,12H2,(H,23,24). The second-order valence-corrected chi connectivity index (χ2v) is 5.69.